The van der Waals surface area contributed by atoms with Gasteiger partial charge in [0, 0.05) is 29.6 Å². The van der Waals surface area contributed by atoms with Crippen LogP contribution < -0.4 is 10.6 Å². The number of nitrogens with zero attached hydrogens (tertiary/aromatic N) is 5. The molecule has 184 valence electrons. The molecule has 1 saturated heterocycles. The molecule has 0 saturated carbocycles. The molecule has 0 bridgehead atoms. The van der Waals surface area contributed by atoms with Crippen LogP contribution in [0.2, 0.25) is 0 Å². The first-order chi connectivity index (χ1) is 17.9. The molecule has 3 heterocycles. The van der Waals surface area contributed by atoms with Gasteiger partial charge in [-0.15, -0.1) is 5.10 Å². The van der Waals surface area contributed by atoms with Crippen LogP contribution in [0.25, 0.3) is 33.3 Å². The highest BCUT2D eigenvalue weighted by Crippen LogP contribution is 2.36. The smallest absolute Gasteiger partial charge is 0.322 e. The number of carbonyl (C=O) groups is 2. The molecule has 2 aromatic heterocycles. The zero-order valence-corrected chi connectivity index (χ0v) is 19.5. The minimum absolute atomic E-state index is 0.104. The molecule has 3 amide bonds. The van der Waals surface area contributed by atoms with Crippen molar-refractivity contribution in [2.45, 2.75) is 12.1 Å². The largest absolute Gasteiger partial charge is 0.494 e. The van der Waals surface area contributed by atoms with Gasteiger partial charge in [-0.1, -0.05) is 48.5 Å². The number of benzene rings is 3. The second-order valence-electron chi connectivity index (χ2n) is 8.87. The quantitative estimate of drug-likeness (QED) is 0.320. The molecule has 6 rings (SSSR count). The van der Waals surface area contributed by atoms with Crippen molar-refractivity contribution in [3.05, 3.63) is 84.3 Å². The lowest BCUT2D eigenvalue weighted by Gasteiger charge is -2.27. The molecule has 5 aromatic rings. The molecule has 1 aliphatic heterocycles. The summed E-state index contributed by atoms with van der Waals surface area (Å²) in [4.78, 5) is 25.4. The van der Waals surface area contributed by atoms with Crippen molar-refractivity contribution < 1.29 is 19.1 Å². The lowest BCUT2D eigenvalue weighted by Crippen LogP contribution is -2.47. The Kier molecular flexibility index (Phi) is 5.00. The van der Waals surface area contributed by atoms with Crippen LogP contribution in [0.4, 0.5) is 9.18 Å². The van der Waals surface area contributed by atoms with Crippen molar-refractivity contribution in [2.75, 3.05) is 0 Å². The minimum atomic E-state index is -1.49. The summed E-state index contributed by atoms with van der Waals surface area (Å²) in [6.45, 7) is -0.104. The molecule has 3 aromatic carbocycles. The van der Waals surface area contributed by atoms with Gasteiger partial charge in [0.1, 0.15) is 5.82 Å². The van der Waals surface area contributed by atoms with Crippen LogP contribution in [0.15, 0.2) is 72.9 Å². The monoisotopic (exact) mass is 497 g/mol. The van der Waals surface area contributed by atoms with Gasteiger partial charge in [0.2, 0.25) is 0 Å². The number of imide groups is 1. The number of rotatable bonds is 5. The number of halogens is 1. The zero-order chi connectivity index (χ0) is 25.7. The Morgan fingerprint density at radius 1 is 1.03 bits per heavy atom. The van der Waals surface area contributed by atoms with Gasteiger partial charge in [-0.05, 0) is 45.3 Å². The van der Waals surface area contributed by atoms with Crippen LogP contribution in [0.3, 0.4) is 0 Å². The molecule has 37 heavy (non-hydrogen) atoms. The Bertz CT molecular complexity index is 1690. The first-order valence-electron chi connectivity index (χ1n) is 11.4. The number of hydrogen-bond acceptors (Lipinski definition) is 6. The van der Waals surface area contributed by atoms with Gasteiger partial charge < -0.3 is 15.0 Å². The predicted molar refractivity (Wildman–Crippen MR) is 132 cm³/mol. The molecular weight excluding hydrogens is 477 g/mol. The Labute approximate surface area is 209 Å². The third-order valence-corrected chi connectivity index (χ3v) is 6.65. The highest BCUT2D eigenvalue weighted by molar-refractivity contribution is 6.07. The standard InChI is InChI=1S/C26H20FN7O3/c1-33-22(30-31-32-33)20-5-3-2-4-19(20)15-6-9-17(10-7-15)26(24(36)28-25(37)29-26)14-34-13-16-8-11-18(27)12-21(16)23(34)35/h2-13,35H,14H2,1H3,(H2,28,29,36,37). The van der Waals surface area contributed by atoms with Crippen molar-refractivity contribution in [1.82, 2.24) is 35.4 Å². The fraction of sp³-hybridized carbons (Fsp3) is 0.115. The number of carbonyl (C=O) groups excluding carboxylic acids is 2. The number of aryl methyl sites for hydroxylation is 1. The topological polar surface area (TPSA) is 127 Å². The van der Waals surface area contributed by atoms with Gasteiger partial charge in [0.25, 0.3) is 5.91 Å². The second-order valence-corrected chi connectivity index (χ2v) is 8.87. The van der Waals surface area contributed by atoms with Crippen LogP contribution in [0.1, 0.15) is 5.56 Å². The van der Waals surface area contributed by atoms with Gasteiger partial charge in [-0.2, -0.15) is 0 Å². The summed E-state index contributed by atoms with van der Waals surface area (Å²) >= 11 is 0. The van der Waals surface area contributed by atoms with E-state index in [0.29, 0.717) is 22.2 Å². The molecule has 10 nitrogen and oxygen atoms in total. The van der Waals surface area contributed by atoms with Gasteiger partial charge >= 0.3 is 6.03 Å². The van der Waals surface area contributed by atoms with E-state index in [1.807, 2.05) is 36.4 Å². The van der Waals surface area contributed by atoms with Gasteiger partial charge in [0.05, 0.1) is 6.54 Å². The zero-order valence-electron chi connectivity index (χ0n) is 19.5. The molecule has 1 aliphatic rings. The Balaban J connectivity index is 1.41. The lowest BCUT2D eigenvalue weighted by atomic mass is 9.88. The van der Waals surface area contributed by atoms with E-state index >= 15 is 0 Å². The van der Waals surface area contributed by atoms with E-state index in [1.54, 1.807) is 36.1 Å². The van der Waals surface area contributed by atoms with E-state index in [9.17, 15) is 19.1 Å². The van der Waals surface area contributed by atoms with Crippen molar-refractivity contribution in [1.29, 1.82) is 0 Å². The normalized spacial score (nSPS) is 17.2. The number of aromatic hydroxyl groups is 1. The predicted octanol–water partition coefficient (Wildman–Crippen LogP) is 3.08. The summed E-state index contributed by atoms with van der Waals surface area (Å²) in [5.74, 6) is -0.648. The Hall–Kier alpha value is -5.06. The van der Waals surface area contributed by atoms with Crippen LogP contribution >= 0.6 is 0 Å². The van der Waals surface area contributed by atoms with Gasteiger partial charge in [-0.3, -0.25) is 10.1 Å². The summed E-state index contributed by atoms with van der Waals surface area (Å²) in [6.07, 6.45) is 1.61. The molecule has 1 unspecified atom stereocenters. The van der Waals surface area contributed by atoms with Crippen LogP contribution in [0.5, 0.6) is 5.88 Å². The van der Waals surface area contributed by atoms with Crippen LogP contribution in [0, 0.1) is 5.82 Å². The average Bonchev–Trinajstić information content (AvgIpc) is 3.55. The van der Waals surface area contributed by atoms with E-state index in [4.69, 9.17) is 0 Å². The second kappa shape index (κ2) is 8.26. The van der Waals surface area contributed by atoms with Crippen molar-refractivity contribution in [3.8, 4) is 28.4 Å². The third kappa shape index (κ3) is 3.59. The molecule has 0 aliphatic carbocycles. The number of amides is 3. The number of tetrazole rings is 1. The molecule has 0 radical (unpaired) electrons. The maximum atomic E-state index is 13.7. The lowest BCUT2D eigenvalue weighted by molar-refractivity contribution is -0.124. The van der Waals surface area contributed by atoms with E-state index in [-0.39, 0.29) is 12.4 Å². The maximum Gasteiger partial charge on any atom is 0.322 e. The fourth-order valence-electron chi connectivity index (χ4n) is 4.81. The van der Waals surface area contributed by atoms with Gasteiger partial charge in [0.15, 0.2) is 17.2 Å². The van der Waals surface area contributed by atoms with Crippen molar-refractivity contribution in [3.63, 3.8) is 0 Å². The highest BCUT2D eigenvalue weighted by Gasteiger charge is 2.48. The molecule has 3 N–H and O–H groups in total. The molecule has 1 fully saturated rings. The van der Waals surface area contributed by atoms with E-state index in [2.05, 4.69) is 26.2 Å². The number of fused-ring (bicyclic) bond motifs is 1. The molecular formula is C26H20FN7O3. The van der Waals surface area contributed by atoms with Gasteiger partial charge in [-0.25, -0.2) is 13.9 Å². The number of urea groups is 1. The van der Waals surface area contributed by atoms with Crippen molar-refractivity contribution in [2.24, 2.45) is 7.05 Å². The van der Waals surface area contributed by atoms with Crippen LogP contribution in [-0.2, 0) is 23.9 Å². The fourth-order valence-corrected chi connectivity index (χ4v) is 4.81. The van der Waals surface area contributed by atoms with Crippen LogP contribution in [-0.4, -0.2) is 41.8 Å². The molecule has 0 spiro atoms. The molecule has 11 heteroatoms. The maximum absolute atomic E-state index is 13.7. The summed E-state index contributed by atoms with van der Waals surface area (Å²) in [5.41, 5.74) is 1.60. The summed E-state index contributed by atoms with van der Waals surface area (Å²) in [7, 11) is 1.76. The van der Waals surface area contributed by atoms with Crippen molar-refractivity contribution >= 4 is 22.7 Å². The highest BCUT2D eigenvalue weighted by atomic mass is 19.1. The summed E-state index contributed by atoms with van der Waals surface area (Å²) in [6, 6.07) is 18.3. The van der Waals surface area contributed by atoms with E-state index in [0.717, 1.165) is 16.7 Å². The van der Waals surface area contributed by atoms with E-state index in [1.165, 1.54) is 16.7 Å². The number of nitrogens with one attached hydrogen (secondary N) is 2. The molecule has 1 atom stereocenters. The minimum Gasteiger partial charge on any atom is -0.494 e. The third-order valence-electron chi connectivity index (χ3n) is 6.65. The summed E-state index contributed by atoms with van der Waals surface area (Å²) < 4.78 is 16.8. The number of aromatic nitrogens is 5. The number of hydrogen-bond donors (Lipinski definition) is 3. The Morgan fingerprint density at radius 3 is 2.46 bits per heavy atom. The first-order valence-corrected chi connectivity index (χ1v) is 11.4. The SMILES string of the molecule is Cn1nnnc1-c1ccccc1-c1ccc(C2(Cn3cc4ccc(F)cc4c3O)NC(=O)NC2=O)cc1. The Morgan fingerprint density at radius 2 is 1.78 bits per heavy atom. The average molecular weight is 497 g/mol. The summed E-state index contributed by atoms with van der Waals surface area (Å²) in [5, 5.41) is 28.5. The van der Waals surface area contributed by atoms with E-state index < -0.39 is 23.3 Å². The first kappa shape index (κ1) is 22.4.